The zero-order valence-electron chi connectivity index (χ0n) is 26.4. The number of hydrogen-bond acceptors (Lipinski definition) is 4. The second-order valence-electron chi connectivity index (χ2n) is 14.9. The van der Waals surface area contributed by atoms with Crippen molar-refractivity contribution in [3.8, 4) is 0 Å². The third-order valence-electron chi connectivity index (χ3n) is 11.3. The smallest absolute Gasteiger partial charge is 0.0543 e. The minimum absolute atomic E-state index is 0.0278. The molecule has 240 valence electrons. The van der Waals surface area contributed by atoms with Crippen LogP contribution < -0.4 is 0 Å². The van der Waals surface area contributed by atoms with Crippen molar-refractivity contribution >= 4 is 15.8 Å². The van der Waals surface area contributed by atoms with Gasteiger partial charge in [0.05, 0.1) is 24.4 Å². The normalized spacial score (nSPS) is 35.4. The van der Waals surface area contributed by atoms with E-state index in [-0.39, 0.29) is 40.3 Å². The Kier molecular flexibility index (Phi) is 16.2. The van der Waals surface area contributed by atoms with E-state index in [0.717, 1.165) is 75.0 Å². The second kappa shape index (κ2) is 19.3. The molecule has 4 fully saturated rings. The van der Waals surface area contributed by atoms with Gasteiger partial charge in [0, 0.05) is 0 Å². The molecule has 0 spiro atoms. The lowest BCUT2D eigenvalue weighted by molar-refractivity contribution is 0.176. The van der Waals surface area contributed by atoms with E-state index in [4.69, 9.17) is 0 Å². The van der Waals surface area contributed by atoms with Gasteiger partial charge in [0.1, 0.15) is 0 Å². The molecule has 0 heterocycles. The van der Waals surface area contributed by atoms with Crippen molar-refractivity contribution in [2.45, 2.75) is 159 Å². The van der Waals surface area contributed by atoms with Crippen molar-refractivity contribution in [3.63, 3.8) is 0 Å². The summed E-state index contributed by atoms with van der Waals surface area (Å²) in [5, 5.41) is 39.8. The fourth-order valence-electron chi connectivity index (χ4n) is 8.85. The molecule has 0 radical (unpaired) electrons. The lowest BCUT2D eigenvalue weighted by Gasteiger charge is -2.23. The van der Waals surface area contributed by atoms with Gasteiger partial charge in [-0.05, 0) is 170 Å². The Morgan fingerprint density at radius 3 is 0.805 bits per heavy atom. The van der Waals surface area contributed by atoms with Crippen molar-refractivity contribution in [3.05, 3.63) is 0 Å². The van der Waals surface area contributed by atoms with Gasteiger partial charge in [-0.2, -0.15) is 0 Å². The van der Waals surface area contributed by atoms with Gasteiger partial charge in [0.25, 0.3) is 0 Å². The third-order valence-corrected chi connectivity index (χ3v) is 17.0. The Morgan fingerprint density at radius 2 is 0.585 bits per heavy atom. The number of aliphatic hydroxyl groups is 4. The average molecular weight is 613 g/mol. The Balaban J connectivity index is 1.19. The minimum Gasteiger partial charge on any atom is -0.393 e. The van der Waals surface area contributed by atoms with E-state index in [1.54, 1.807) is 0 Å². The highest BCUT2D eigenvalue weighted by molar-refractivity contribution is 7.58. The maximum Gasteiger partial charge on any atom is 0.0543 e. The average Bonchev–Trinajstić information content (AvgIpc) is 3.74. The Hall–Kier alpha value is 0.700. The highest BCUT2D eigenvalue weighted by atomic mass is 31.1. The highest BCUT2D eigenvalue weighted by Crippen LogP contribution is 2.45. The molecule has 8 unspecified atom stereocenters. The summed E-state index contributed by atoms with van der Waals surface area (Å²) >= 11 is 0. The molecule has 0 aromatic heterocycles. The first kappa shape index (κ1) is 34.6. The molecule has 0 amide bonds. The molecule has 41 heavy (non-hydrogen) atoms. The summed E-state index contributed by atoms with van der Waals surface area (Å²) < 4.78 is 0. The molecule has 4 nitrogen and oxygen atoms in total. The van der Waals surface area contributed by atoms with E-state index >= 15 is 0 Å². The summed E-state index contributed by atoms with van der Waals surface area (Å²) in [6, 6.07) is 0. The molecule has 4 N–H and O–H groups in total. The summed E-state index contributed by atoms with van der Waals surface area (Å²) in [6.07, 6.45) is 34.2. The number of rotatable bonds is 20. The Bertz CT molecular complexity index is 587. The predicted octanol–water partition coefficient (Wildman–Crippen LogP) is 8.11. The second-order valence-corrected chi connectivity index (χ2v) is 20.3. The van der Waals surface area contributed by atoms with Crippen LogP contribution in [0.1, 0.15) is 135 Å². The van der Waals surface area contributed by atoms with Gasteiger partial charge < -0.3 is 20.4 Å². The van der Waals surface area contributed by atoms with E-state index in [2.05, 4.69) is 0 Å². The van der Waals surface area contributed by atoms with Crippen molar-refractivity contribution < 1.29 is 20.4 Å². The van der Waals surface area contributed by atoms with Crippen LogP contribution in [0.15, 0.2) is 0 Å². The molecular formula is C35H66O4P2. The Labute approximate surface area is 255 Å². The Morgan fingerprint density at radius 1 is 0.341 bits per heavy atom. The monoisotopic (exact) mass is 612 g/mol. The first-order valence-electron chi connectivity index (χ1n) is 18.1. The van der Waals surface area contributed by atoms with Gasteiger partial charge in [-0.25, -0.2) is 0 Å². The SMILES string of the molecule is OC1CCC(CCCP(CCCC2CCC(O)C2)CCCP(CCCC2CCC(O)C2)CCCC2CCC(O)C2)C1. The summed E-state index contributed by atoms with van der Waals surface area (Å²) in [5.41, 5.74) is 0. The van der Waals surface area contributed by atoms with Crippen molar-refractivity contribution in [1.82, 2.24) is 0 Å². The van der Waals surface area contributed by atoms with Gasteiger partial charge in [-0.15, -0.1) is 15.8 Å². The summed E-state index contributed by atoms with van der Waals surface area (Å²) in [6.45, 7) is 0. The molecule has 6 heteroatoms. The van der Waals surface area contributed by atoms with Crippen LogP contribution in [0, 0.1) is 23.7 Å². The fraction of sp³-hybridized carbons (Fsp3) is 1.00. The summed E-state index contributed by atoms with van der Waals surface area (Å²) in [5.74, 6) is 3.10. The van der Waals surface area contributed by atoms with Crippen LogP contribution >= 0.6 is 15.8 Å². The van der Waals surface area contributed by atoms with Crippen LogP contribution in [0.2, 0.25) is 0 Å². The number of aliphatic hydroxyl groups excluding tert-OH is 4. The third kappa shape index (κ3) is 13.7. The first-order chi connectivity index (χ1) is 19.9. The van der Waals surface area contributed by atoms with Crippen LogP contribution in [0.25, 0.3) is 0 Å². The minimum atomic E-state index is -0.0278. The molecule has 8 atom stereocenters. The molecule has 0 saturated heterocycles. The highest BCUT2D eigenvalue weighted by Gasteiger charge is 2.26. The molecule has 4 saturated carbocycles. The largest absolute Gasteiger partial charge is 0.393 e. The zero-order valence-corrected chi connectivity index (χ0v) is 28.2. The molecule has 0 aromatic rings. The van der Waals surface area contributed by atoms with Crippen molar-refractivity contribution in [2.75, 3.05) is 37.0 Å². The van der Waals surface area contributed by atoms with Crippen molar-refractivity contribution in [1.29, 1.82) is 0 Å². The van der Waals surface area contributed by atoms with E-state index in [0.29, 0.717) is 0 Å². The van der Waals surface area contributed by atoms with E-state index in [9.17, 15) is 20.4 Å². The van der Waals surface area contributed by atoms with E-state index in [1.807, 2.05) is 0 Å². The van der Waals surface area contributed by atoms with E-state index < -0.39 is 0 Å². The van der Waals surface area contributed by atoms with Gasteiger partial charge in [-0.1, -0.05) is 25.7 Å². The molecule has 0 aliphatic heterocycles. The van der Waals surface area contributed by atoms with Gasteiger partial charge >= 0.3 is 0 Å². The van der Waals surface area contributed by atoms with Gasteiger partial charge in [0.15, 0.2) is 0 Å². The molecule has 4 rings (SSSR count). The molecule has 4 aliphatic carbocycles. The zero-order chi connectivity index (χ0) is 28.9. The molecular weight excluding hydrogens is 546 g/mol. The molecule has 0 bridgehead atoms. The lowest BCUT2D eigenvalue weighted by atomic mass is 10.0. The van der Waals surface area contributed by atoms with Gasteiger partial charge in [0.2, 0.25) is 0 Å². The fourth-order valence-corrected chi connectivity index (χ4v) is 14.2. The molecule has 4 aliphatic rings. The van der Waals surface area contributed by atoms with E-state index in [1.165, 1.54) is 120 Å². The van der Waals surface area contributed by atoms with Crippen LogP contribution in [0.4, 0.5) is 0 Å². The van der Waals surface area contributed by atoms with Crippen LogP contribution in [-0.4, -0.2) is 81.8 Å². The maximum atomic E-state index is 9.95. The lowest BCUT2D eigenvalue weighted by Crippen LogP contribution is -2.06. The topological polar surface area (TPSA) is 80.9 Å². The number of hydrogen-bond donors (Lipinski definition) is 4. The summed E-state index contributed by atoms with van der Waals surface area (Å²) in [7, 11) is 0.251. The standard InChI is InChI=1S/C35H66O4P2/c36-32-14-10-28(24-32)6-1-18-40(19-2-7-29-11-15-33(37)25-29)22-5-23-41(20-3-8-30-12-16-34(38)26-30)21-4-9-31-13-17-35(39)27-31/h28-39H,1-27H2. The van der Waals surface area contributed by atoms with Crippen LogP contribution in [-0.2, 0) is 0 Å². The van der Waals surface area contributed by atoms with Crippen molar-refractivity contribution in [2.24, 2.45) is 23.7 Å². The van der Waals surface area contributed by atoms with Crippen LogP contribution in [0.3, 0.4) is 0 Å². The first-order valence-corrected chi connectivity index (χ1v) is 21.9. The predicted molar refractivity (Wildman–Crippen MR) is 178 cm³/mol. The quantitative estimate of drug-likeness (QED) is 0.105. The van der Waals surface area contributed by atoms with Gasteiger partial charge in [-0.3, -0.25) is 0 Å². The summed E-state index contributed by atoms with van der Waals surface area (Å²) in [4.78, 5) is 0. The molecule has 0 aromatic carbocycles. The van der Waals surface area contributed by atoms with Crippen LogP contribution in [0.5, 0.6) is 0 Å². The maximum absolute atomic E-state index is 9.95.